The summed E-state index contributed by atoms with van der Waals surface area (Å²) in [7, 11) is 3.05. The molecule has 0 aliphatic rings. The maximum Gasteiger partial charge on any atom is 0.358 e. The fraction of sp³-hybridized carbons (Fsp3) is 0.167. The van der Waals surface area contributed by atoms with Gasteiger partial charge >= 0.3 is 5.97 Å². The van der Waals surface area contributed by atoms with Crippen LogP contribution in [0, 0.1) is 0 Å². The SMILES string of the molecule is COc1ccc(-c2cc(C(=O)O)no2)cc1OC. The lowest BCUT2D eigenvalue weighted by molar-refractivity contribution is 0.0686. The minimum Gasteiger partial charge on any atom is -0.493 e. The second-order valence-electron chi connectivity index (χ2n) is 3.45. The molecule has 94 valence electrons. The molecule has 0 saturated carbocycles. The van der Waals surface area contributed by atoms with Crippen LogP contribution in [0.4, 0.5) is 0 Å². The second-order valence-corrected chi connectivity index (χ2v) is 3.45. The van der Waals surface area contributed by atoms with E-state index in [-0.39, 0.29) is 5.69 Å². The number of nitrogens with zero attached hydrogens (tertiary/aromatic N) is 1. The summed E-state index contributed by atoms with van der Waals surface area (Å²) in [5.41, 5.74) is 0.521. The summed E-state index contributed by atoms with van der Waals surface area (Å²) in [5, 5.41) is 12.2. The first-order valence-corrected chi connectivity index (χ1v) is 5.08. The van der Waals surface area contributed by atoms with Crippen LogP contribution in [-0.2, 0) is 0 Å². The minimum atomic E-state index is -1.13. The molecule has 0 amide bonds. The number of rotatable bonds is 4. The maximum absolute atomic E-state index is 10.7. The van der Waals surface area contributed by atoms with Gasteiger partial charge in [-0.15, -0.1) is 0 Å². The number of hydrogen-bond acceptors (Lipinski definition) is 5. The van der Waals surface area contributed by atoms with Gasteiger partial charge in [-0.1, -0.05) is 5.16 Å². The summed E-state index contributed by atoms with van der Waals surface area (Å²) in [5.74, 6) is 0.335. The molecule has 1 aromatic carbocycles. The molecule has 0 fully saturated rings. The third-order valence-electron chi connectivity index (χ3n) is 2.40. The number of carboxylic acids is 1. The van der Waals surface area contributed by atoms with E-state index >= 15 is 0 Å². The lowest BCUT2D eigenvalue weighted by atomic mass is 10.1. The highest BCUT2D eigenvalue weighted by molar-refractivity contribution is 5.86. The van der Waals surface area contributed by atoms with Crippen molar-refractivity contribution < 1.29 is 23.9 Å². The first-order chi connectivity index (χ1) is 8.65. The van der Waals surface area contributed by atoms with Crippen LogP contribution in [0.2, 0.25) is 0 Å². The third-order valence-corrected chi connectivity index (χ3v) is 2.40. The fourth-order valence-corrected chi connectivity index (χ4v) is 1.50. The van der Waals surface area contributed by atoms with Gasteiger partial charge in [0.2, 0.25) is 0 Å². The Labute approximate surface area is 103 Å². The largest absolute Gasteiger partial charge is 0.493 e. The predicted molar refractivity (Wildman–Crippen MR) is 62.0 cm³/mol. The van der Waals surface area contributed by atoms with Crippen molar-refractivity contribution >= 4 is 5.97 Å². The van der Waals surface area contributed by atoms with E-state index in [0.717, 1.165) is 0 Å². The standard InChI is InChI=1S/C12H11NO5/c1-16-9-4-3-7(5-11(9)17-2)10-6-8(12(14)15)13-18-10/h3-6H,1-2H3,(H,14,15). The van der Waals surface area contributed by atoms with Gasteiger partial charge in [0.05, 0.1) is 14.2 Å². The molecule has 1 N–H and O–H groups in total. The minimum absolute atomic E-state index is 0.139. The predicted octanol–water partition coefficient (Wildman–Crippen LogP) is 2.06. The van der Waals surface area contributed by atoms with Gasteiger partial charge in [-0.3, -0.25) is 0 Å². The molecule has 2 aromatic rings. The average molecular weight is 249 g/mol. The molecule has 1 heterocycles. The fourth-order valence-electron chi connectivity index (χ4n) is 1.50. The number of aromatic nitrogens is 1. The summed E-state index contributed by atoms with van der Waals surface area (Å²) in [6.45, 7) is 0. The molecule has 0 aliphatic carbocycles. The first-order valence-electron chi connectivity index (χ1n) is 5.08. The van der Waals surface area contributed by atoms with Gasteiger partial charge in [0.1, 0.15) is 0 Å². The summed E-state index contributed by atoms with van der Waals surface area (Å²) >= 11 is 0. The van der Waals surface area contributed by atoms with E-state index in [9.17, 15) is 4.79 Å². The number of carboxylic acid groups (broad SMARTS) is 1. The Morgan fingerprint density at radius 2 is 1.94 bits per heavy atom. The first kappa shape index (κ1) is 12.0. The van der Waals surface area contributed by atoms with Crippen molar-refractivity contribution in [2.45, 2.75) is 0 Å². The van der Waals surface area contributed by atoms with Gasteiger partial charge in [-0.05, 0) is 18.2 Å². The topological polar surface area (TPSA) is 81.8 Å². The van der Waals surface area contributed by atoms with Gasteiger partial charge in [0.25, 0.3) is 0 Å². The summed E-state index contributed by atoms with van der Waals surface area (Å²) in [4.78, 5) is 10.7. The van der Waals surface area contributed by atoms with E-state index in [4.69, 9.17) is 19.1 Å². The van der Waals surface area contributed by atoms with E-state index < -0.39 is 5.97 Å². The smallest absolute Gasteiger partial charge is 0.358 e. The Morgan fingerprint density at radius 1 is 1.22 bits per heavy atom. The van der Waals surface area contributed by atoms with Crippen molar-refractivity contribution in [1.29, 1.82) is 0 Å². The van der Waals surface area contributed by atoms with E-state index in [0.29, 0.717) is 22.8 Å². The van der Waals surface area contributed by atoms with Gasteiger partial charge in [0.15, 0.2) is 23.0 Å². The number of carbonyl (C=O) groups is 1. The van der Waals surface area contributed by atoms with Gasteiger partial charge in [-0.2, -0.15) is 0 Å². The van der Waals surface area contributed by atoms with Gasteiger partial charge in [-0.25, -0.2) is 4.79 Å². The Bertz CT molecular complexity index is 576. The molecule has 6 nitrogen and oxygen atoms in total. The molecule has 0 aliphatic heterocycles. The van der Waals surface area contributed by atoms with Crippen LogP contribution in [0.25, 0.3) is 11.3 Å². The highest BCUT2D eigenvalue weighted by Crippen LogP contribution is 2.32. The zero-order valence-corrected chi connectivity index (χ0v) is 9.84. The summed E-state index contributed by atoms with van der Waals surface area (Å²) in [6, 6.07) is 6.47. The van der Waals surface area contributed by atoms with Crippen LogP contribution in [0.5, 0.6) is 11.5 Å². The number of benzene rings is 1. The maximum atomic E-state index is 10.7. The summed E-state index contributed by atoms with van der Waals surface area (Å²) in [6.07, 6.45) is 0. The Hall–Kier alpha value is -2.50. The molecule has 18 heavy (non-hydrogen) atoms. The number of hydrogen-bond donors (Lipinski definition) is 1. The van der Waals surface area contributed by atoms with E-state index in [2.05, 4.69) is 5.16 Å². The zero-order chi connectivity index (χ0) is 13.1. The second kappa shape index (κ2) is 4.79. The van der Waals surface area contributed by atoms with Crippen molar-refractivity contribution in [3.63, 3.8) is 0 Å². The molecule has 0 bridgehead atoms. The molecule has 0 atom stereocenters. The molecule has 0 unspecified atom stereocenters. The Balaban J connectivity index is 2.41. The van der Waals surface area contributed by atoms with Crippen LogP contribution in [0.15, 0.2) is 28.8 Å². The monoisotopic (exact) mass is 249 g/mol. The molecule has 0 radical (unpaired) electrons. The highest BCUT2D eigenvalue weighted by Gasteiger charge is 2.14. The number of ether oxygens (including phenoxy) is 2. The molecule has 0 spiro atoms. The molecular formula is C12H11NO5. The molecule has 2 rings (SSSR count). The van der Waals surface area contributed by atoms with Crippen LogP contribution in [-0.4, -0.2) is 30.5 Å². The van der Waals surface area contributed by atoms with Crippen molar-refractivity contribution in [2.24, 2.45) is 0 Å². The highest BCUT2D eigenvalue weighted by atomic mass is 16.5. The number of aromatic carboxylic acids is 1. The quantitative estimate of drug-likeness (QED) is 0.893. The van der Waals surface area contributed by atoms with E-state index in [1.165, 1.54) is 20.3 Å². The van der Waals surface area contributed by atoms with Crippen LogP contribution in [0.1, 0.15) is 10.5 Å². The van der Waals surface area contributed by atoms with Crippen molar-refractivity contribution in [2.75, 3.05) is 14.2 Å². The van der Waals surface area contributed by atoms with Crippen LogP contribution < -0.4 is 9.47 Å². The average Bonchev–Trinajstić information content (AvgIpc) is 2.87. The molecule has 1 aromatic heterocycles. The van der Waals surface area contributed by atoms with Crippen LogP contribution in [0.3, 0.4) is 0 Å². The Morgan fingerprint density at radius 3 is 2.50 bits per heavy atom. The van der Waals surface area contributed by atoms with Crippen molar-refractivity contribution in [3.05, 3.63) is 30.0 Å². The third kappa shape index (κ3) is 2.13. The van der Waals surface area contributed by atoms with Crippen molar-refractivity contribution in [1.82, 2.24) is 5.16 Å². The van der Waals surface area contributed by atoms with Crippen molar-refractivity contribution in [3.8, 4) is 22.8 Å². The molecular weight excluding hydrogens is 238 g/mol. The lowest BCUT2D eigenvalue weighted by Gasteiger charge is -2.07. The normalized spacial score (nSPS) is 10.1. The van der Waals surface area contributed by atoms with Crippen LogP contribution >= 0.6 is 0 Å². The van der Waals surface area contributed by atoms with Gasteiger partial charge in [0, 0.05) is 11.6 Å². The lowest BCUT2D eigenvalue weighted by Crippen LogP contribution is -1.94. The van der Waals surface area contributed by atoms with Gasteiger partial charge < -0.3 is 19.1 Å². The number of methoxy groups -OCH3 is 2. The van der Waals surface area contributed by atoms with E-state index in [1.54, 1.807) is 18.2 Å². The zero-order valence-electron chi connectivity index (χ0n) is 9.84. The molecule has 6 heteroatoms. The van der Waals surface area contributed by atoms with E-state index in [1.807, 2.05) is 0 Å². The summed E-state index contributed by atoms with van der Waals surface area (Å²) < 4.78 is 15.2. The Kier molecular flexibility index (Phi) is 3.18. The molecule has 0 saturated heterocycles.